The highest BCUT2D eigenvalue weighted by Crippen LogP contribution is 2.22. The van der Waals surface area contributed by atoms with Gasteiger partial charge < -0.3 is 9.88 Å². The second-order valence-electron chi connectivity index (χ2n) is 5.60. The largest absolute Gasteiger partial charge is 0.328 e. The summed E-state index contributed by atoms with van der Waals surface area (Å²) in [6, 6.07) is 5.99. The predicted octanol–water partition coefficient (Wildman–Crippen LogP) is 3.89. The van der Waals surface area contributed by atoms with Crippen molar-refractivity contribution in [1.82, 2.24) is 14.9 Å². The Bertz CT molecular complexity index is 560. The highest BCUT2D eigenvalue weighted by atomic mass is 35.5. The third kappa shape index (κ3) is 3.74. The van der Waals surface area contributed by atoms with Crippen LogP contribution in [0.1, 0.15) is 33.0 Å². The van der Waals surface area contributed by atoms with Crippen LogP contribution in [0.3, 0.4) is 0 Å². The number of rotatable bonds is 7. The number of hydrogen-bond acceptors (Lipinski definition) is 2. The van der Waals surface area contributed by atoms with E-state index in [2.05, 4.69) is 36.7 Å². The van der Waals surface area contributed by atoms with Crippen LogP contribution in [0.5, 0.6) is 0 Å². The third-order valence-electron chi connectivity index (χ3n) is 3.49. The van der Waals surface area contributed by atoms with E-state index in [0.29, 0.717) is 5.92 Å². The first kappa shape index (κ1) is 15.3. The molecule has 0 amide bonds. The first-order valence-corrected chi connectivity index (χ1v) is 7.85. The average molecular weight is 294 g/mol. The molecule has 1 heterocycles. The second kappa shape index (κ2) is 7.09. The number of benzene rings is 1. The van der Waals surface area contributed by atoms with Crippen LogP contribution in [0.4, 0.5) is 0 Å². The highest BCUT2D eigenvalue weighted by molar-refractivity contribution is 6.31. The number of aryl methyl sites for hydroxylation is 1. The van der Waals surface area contributed by atoms with E-state index in [4.69, 9.17) is 16.6 Å². The van der Waals surface area contributed by atoms with Crippen molar-refractivity contribution in [1.29, 1.82) is 0 Å². The summed E-state index contributed by atoms with van der Waals surface area (Å²) in [5, 5.41) is 4.12. The maximum atomic E-state index is 6.07. The molecule has 0 saturated heterocycles. The molecular weight excluding hydrogens is 270 g/mol. The minimum atomic E-state index is 0.696. The number of aromatic nitrogens is 2. The Morgan fingerprint density at radius 2 is 2.15 bits per heavy atom. The van der Waals surface area contributed by atoms with Crippen LogP contribution in [0.25, 0.3) is 11.0 Å². The zero-order valence-electron chi connectivity index (χ0n) is 12.6. The maximum Gasteiger partial charge on any atom is 0.111 e. The number of nitrogens with one attached hydrogen (secondary N) is 1. The summed E-state index contributed by atoms with van der Waals surface area (Å²) in [5.74, 6) is 1.85. The van der Waals surface area contributed by atoms with Gasteiger partial charge >= 0.3 is 0 Å². The van der Waals surface area contributed by atoms with Gasteiger partial charge in [-0.3, -0.25) is 0 Å². The van der Waals surface area contributed by atoms with Crippen LogP contribution < -0.4 is 5.32 Å². The van der Waals surface area contributed by atoms with E-state index >= 15 is 0 Å². The van der Waals surface area contributed by atoms with Gasteiger partial charge in [-0.2, -0.15) is 0 Å². The van der Waals surface area contributed by atoms with Gasteiger partial charge in [0.25, 0.3) is 0 Å². The molecule has 0 radical (unpaired) electrons. The maximum absolute atomic E-state index is 6.07. The Morgan fingerprint density at radius 3 is 2.85 bits per heavy atom. The molecule has 0 aliphatic heterocycles. The Hall–Kier alpha value is -1.06. The standard InChI is InChI=1S/C16H24ClN3/c1-4-18-9-7-16-19-14-11-13(17)5-6-15(14)20(16)10-8-12(2)3/h5-6,11-12,18H,4,7-10H2,1-3H3. The lowest BCUT2D eigenvalue weighted by Gasteiger charge is -2.11. The lowest BCUT2D eigenvalue weighted by molar-refractivity contribution is 0.509. The van der Waals surface area contributed by atoms with Crippen molar-refractivity contribution in [3.63, 3.8) is 0 Å². The smallest absolute Gasteiger partial charge is 0.111 e. The van der Waals surface area contributed by atoms with E-state index in [9.17, 15) is 0 Å². The molecule has 0 saturated carbocycles. The summed E-state index contributed by atoms with van der Waals surface area (Å²) in [6.45, 7) is 9.63. The number of hydrogen-bond donors (Lipinski definition) is 1. The Labute approximate surface area is 126 Å². The van der Waals surface area contributed by atoms with Gasteiger partial charge in [0.2, 0.25) is 0 Å². The van der Waals surface area contributed by atoms with Crippen molar-refractivity contribution in [3.05, 3.63) is 29.0 Å². The van der Waals surface area contributed by atoms with Gasteiger partial charge in [-0.05, 0) is 37.1 Å². The summed E-state index contributed by atoms with van der Waals surface area (Å²) in [7, 11) is 0. The molecule has 20 heavy (non-hydrogen) atoms. The lowest BCUT2D eigenvalue weighted by Crippen LogP contribution is -2.18. The summed E-state index contributed by atoms with van der Waals surface area (Å²) >= 11 is 6.07. The first-order valence-electron chi connectivity index (χ1n) is 7.47. The summed E-state index contributed by atoms with van der Waals surface area (Å²) < 4.78 is 2.35. The van der Waals surface area contributed by atoms with E-state index in [1.54, 1.807) is 0 Å². The van der Waals surface area contributed by atoms with Crippen molar-refractivity contribution in [2.45, 2.75) is 40.2 Å². The number of fused-ring (bicyclic) bond motifs is 1. The van der Waals surface area contributed by atoms with Crippen LogP contribution >= 0.6 is 11.6 Å². The minimum Gasteiger partial charge on any atom is -0.328 e. The summed E-state index contributed by atoms with van der Waals surface area (Å²) in [6.07, 6.45) is 2.13. The van der Waals surface area contributed by atoms with E-state index < -0.39 is 0 Å². The Balaban J connectivity index is 2.29. The zero-order chi connectivity index (χ0) is 14.5. The molecule has 0 bridgehead atoms. The van der Waals surface area contributed by atoms with Crippen LogP contribution in [0.15, 0.2) is 18.2 Å². The van der Waals surface area contributed by atoms with Crippen molar-refractivity contribution >= 4 is 22.6 Å². The topological polar surface area (TPSA) is 29.9 Å². The number of nitrogens with zero attached hydrogens (tertiary/aromatic N) is 2. The highest BCUT2D eigenvalue weighted by Gasteiger charge is 2.11. The quantitative estimate of drug-likeness (QED) is 0.785. The van der Waals surface area contributed by atoms with Gasteiger partial charge in [0.05, 0.1) is 11.0 Å². The minimum absolute atomic E-state index is 0.696. The number of likely N-dealkylation sites (N-methyl/N-ethyl adjacent to an activating group) is 1. The van der Waals surface area contributed by atoms with Gasteiger partial charge in [0, 0.05) is 24.5 Å². The van der Waals surface area contributed by atoms with Crippen LogP contribution in [-0.4, -0.2) is 22.6 Å². The molecule has 3 nitrogen and oxygen atoms in total. The van der Waals surface area contributed by atoms with Crippen molar-refractivity contribution in [2.24, 2.45) is 5.92 Å². The predicted molar refractivity (Wildman–Crippen MR) is 86.4 cm³/mol. The number of halogens is 1. The fourth-order valence-corrected chi connectivity index (χ4v) is 2.52. The van der Waals surface area contributed by atoms with Gasteiger partial charge in [-0.25, -0.2) is 4.98 Å². The van der Waals surface area contributed by atoms with E-state index in [0.717, 1.165) is 42.4 Å². The first-order chi connectivity index (χ1) is 9.61. The molecule has 110 valence electrons. The summed E-state index contributed by atoms with van der Waals surface area (Å²) in [4.78, 5) is 4.76. The molecule has 0 aliphatic carbocycles. The molecule has 4 heteroatoms. The van der Waals surface area contributed by atoms with Gasteiger partial charge in [0.1, 0.15) is 5.82 Å². The van der Waals surface area contributed by atoms with Crippen molar-refractivity contribution in [2.75, 3.05) is 13.1 Å². The van der Waals surface area contributed by atoms with E-state index in [-0.39, 0.29) is 0 Å². The van der Waals surface area contributed by atoms with Crippen LogP contribution in [0.2, 0.25) is 5.02 Å². The third-order valence-corrected chi connectivity index (χ3v) is 3.73. The van der Waals surface area contributed by atoms with Gasteiger partial charge in [-0.15, -0.1) is 0 Å². The van der Waals surface area contributed by atoms with E-state index in [1.807, 2.05) is 12.1 Å². The second-order valence-corrected chi connectivity index (χ2v) is 6.04. The molecule has 0 fully saturated rings. The lowest BCUT2D eigenvalue weighted by atomic mass is 10.1. The van der Waals surface area contributed by atoms with E-state index in [1.165, 1.54) is 11.9 Å². The number of imidazole rings is 1. The fourth-order valence-electron chi connectivity index (χ4n) is 2.36. The molecule has 2 aromatic rings. The van der Waals surface area contributed by atoms with Gasteiger partial charge in [0.15, 0.2) is 0 Å². The van der Waals surface area contributed by atoms with Gasteiger partial charge in [-0.1, -0.05) is 32.4 Å². The molecule has 0 unspecified atom stereocenters. The molecule has 0 spiro atoms. The molecule has 1 aromatic heterocycles. The molecule has 0 atom stereocenters. The van der Waals surface area contributed by atoms with Crippen LogP contribution in [-0.2, 0) is 13.0 Å². The normalized spacial score (nSPS) is 11.7. The zero-order valence-corrected chi connectivity index (χ0v) is 13.4. The fraction of sp³-hybridized carbons (Fsp3) is 0.562. The Morgan fingerprint density at radius 1 is 1.35 bits per heavy atom. The molecule has 0 aliphatic rings. The average Bonchev–Trinajstić information content (AvgIpc) is 2.73. The molecular formula is C16H24ClN3. The Kier molecular flexibility index (Phi) is 5.44. The van der Waals surface area contributed by atoms with Crippen molar-refractivity contribution < 1.29 is 0 Å². The molecule has 1 N–H and O–H groups in total. The summed E-state index contributed by atoms with van der Waals surface area (Å²) in [5.41, 5.74) is 2.20. The molecule has 2 rings (SSSR count). The monoisotopic (exact) mass is 293 g/mol. The molecule has 1 aromatic carbocycles. The van der Waals surface area contributed by atoms with Crippen LogP contribution in [0, 0.1) is 5.92 Å². The SMILES string of the molecule is CCNCCc1nc2cc(Cl)ccc2n1CCC(C)C. The van der Waals surface area contributed by atoms with Crippen molar-refractivity contribution in [3.8, 4) is 0 Å².